The van der Waals surface area contributed by atoms with Crippen LogP contribution in [0, 0.1) is 0 Å². The highest BCUT2D eigenvalue weighted by molar-refractivity contribution is 5.60. The Bertz CT molecular complexity index is 602. The van der Waals surface area contributed by atoms with E-state index in [1.165, 1.54) is 16.7 Å². The molecule has 3 rings (SSSR count). The van der Waals surface area contributed by atoms with Crippen LogP contribution in [0.3, 0.4) is 0 Å². The number of benzene rings is 2. The highest BCUT2D eigenvalue weighted by atomic mass is 14.9. The third kappa shape index (κ3) is 3.09. The molecule has 102 valence electrons. The molecule has 20 heavy (non-hydrogen) atoms. The summed E-state index contributed by atoms with van der Waals surface area (Å²) < 4.78 is 0. The molecule has 0 bridgehead atoms. The van der Waals surface area contributed by atoms with Gasteiger partial charge in [-0.1, -0.05) is 48.6 Å². The zero-order valence-corrected chi connectivity index (χ0v) is 11.5. The molecule has 0 spiro atoms. The number of nitrogen functional groups attached to an aromatic ring is 1. The highest BCUT2D eigenvalue weighted by Gasteiger charge is 2.11. The van der Waals surface area contributed by atoms with Crippen LogP contribution in [0.4, 0.5) is 5.69 Å². The maximum Gasteiger partial charge on any atom is 0.0320 e. The Morgan fingerprint density at radius 1 is 1.10 bits per heavy atom. The summed E-state index contributed by atoms with van der Waals surface area (Å²) >= 11 is 0. The lowest BCUT2D eigenvalue weighted by Crippen LogP contribution is -2.26. The molecule has 0 saturated heterocycles. The molecular weight excluding hydrogens is 244 g/mol. The third-order valence-corrected chi connectivity index (χ3v) is 3.81. The lowest BCUT2D eigenvalue weighted by molar-refractivity contribution is 0.559. The van der Waals surface area contributed by atoms with E-state index in [9.17, 15) is 0 Å². The summed E-state index contributed by atoms with van der Waals surface area (Å²) in [7, 11) is 0. The zero-order chi connectivity index (χ0) is 13.8. The van der Waals surface area contributed by atoms with Crippen molar-refractivity contribution in [3.8, 4) is 0 Å². The van der Waals surface area contributed by atoms with Gasteiger partial charge in [-0.25, -0.2) is 0 Å². The van der Waals surface area contributed by atoms with E-state index in [0.717, 1.165) is 25.1 Å². The third-order valence-electron chi connectivity index (χ3n) is 3.81. The van der Waals surface area contributed by atoms with Crippen LogP contribution < -0.4 is 11.1 Å². The first-order valence-electron chi connectivity index (χ1n) is 7.15. The summed E-state index contributed by atoms with van der Waals surface area (Å²) in [6.45, 7) is 0.911. The van der Waals surface area contributed by atoms with E-state index in [4.69, 9.17) is 5.73 Å². The quantitative estimate of drug-likeness (QED) is 0.834. The number of anilines is 1. The van der Waals surface area contributed by atoms with E-state index < -0.39 is 0 Å². The van der Waals surface area contributed by atoms with Gasteiger partial charge in [0.15, 0.2) is 0 Å². The van der Waals surface area contributed by atoms with Crippen LogP contribution >= 0.6 is 0 Å². The molecule has 0 saturated carbocycles. The van der Waals surface area contributed by atoms with Crippen molar-refractivity contribution in [3.63, 3.8) is 0 Å². The molecule has 2 heteroatoms. The minimum absolute atomic E-state index is 0.420. The van der Waals surface area contributed by atoms with Gasteiger partial charge in [-0.3, -0.25) is 0 Å². The fourth-order valence-corrected chi connectivity index (χ4v) is 2.64. The molecule has 1 atom stereocenters. The molecule has 1 aliphatic rings. The SMILES string of the molecule is Nc1ccc2c(c1)C=CC(NCc1ccccc1)CC2. The van der Waals surface area contributed by atoms with Crippen molar-refractivity contribution >= 4 is 11.8 Å². The van der Waals surface area contributed by atoms with Gasteiger partial charge in [0.2, 0.25) is 0 Å². The first-order chi connectivity index (χ1) is 9.81. The van der Waals surface area contributed by atoms with Crippen molar-refractivity contribution in [1.29, 1.82) is 0 Å². The van der Waals surface area contributed by atoms with Crippen molar-refractivity contribution in [2.24, 2.45) is 0 Å². The van der Waals surface area contributed by atoms with Crippen LogP contribution in [0.15, 0.2) is 54.6 Å². The predicted octanol–water partition coefficient (Wildman–Crippen LogP) is 3.39. The fraction of sp³-hybridized carbons (Fsp3) is 0.222. The largest absolute Gasteiger partial charge is 0.399 e. The van der Waals surface area contributed by atoms with Gasteiger partial charge < -0.3 is 11.1 Å². The number of hydrogen-bond donors (Lipinski definition) is 2. The Morgan fingerprint density at radius 3 is 2.80 bits per heavy atom. The summed E-state index contributed by atoms with van der Waals surface area (Å²) in [6.07, 6.45) is 6.67. The number of nitrogens with one attached hydrogen (secondary N) is 1. The zero-order valence-electron chi connectivity index (χ0n) is 11.5. The topological polar surface area (TPSA) is 38.0 Å². The van der Waals surface area contributed by atoms with E-state index in [-0.39, 0.29) is 0 Å². The van der Waals surface area contributed by atoms with Crippen molar-refractivity contribution in [1.82, 2.24) is 5.32 Å². The predicted molar refractivity (Wildman–Crippen MR) is 85.3 cm³/mol. The van der Waals surface area contributed by atoms with E-state index >= 15 is 0 Å². The number of fused-ring (bicyclic) bond motifs is 1. The van der Waals surface area contributed by atoms with E-state index in [1.54, 1.807) is 0 Å². The van der Waals surface area contributed by atoms with E-state index in [2.05, 4.69) is 59.9 Å². The van der Waals surface area contributed by atoms with Gasteiger partial charge in [0, 0.05) is 18.3 Å². The standard InChI is InChI=1S/C18H20N2/c19-17-9-6-15-7-10-18(11-8-16(15)12-17)20-13-14-4-2-1-3-5-14/h1-6,8-9,11-12,18,20H,7,10,13,19H2. The molecular formula is C18H20N2. The van der Waals surface area contributed by atoms with Crippen molar-refractivity contribution in [2.75, 3.05) is 5.73 Å². The van der Waals surface area contributed by atoms with Gasteiger partial charge in [0.25, 0.3) is 0 Å². The van der Waals surface area contributed by atoms with Crippen LogP contribution in [0.5, 0.6) is 0 Å². The minimum Gasteiger partial charge on any atom is -0.399 e. The fourth-order valence-electron chi connectivity index (χ4n) is 2.64. The summed E-state index contributed by atoms with van der Waals surface area (Å²) in [5, 5.41) is 3.61. The Balaban J connectivity index is 1.65. The van der Waals surface area contributed by atoms with Crippen molar-refractivity contribution in [3.05, 3.63) is 71.3 Å². The van der Waals surface area contributed by atoms with Crippen LogP contribution in [-0.4, -0.2) is 6.04 Å². The molecule has 0 radical (unpaired) electrons. The van der Waals surface area contributed by atoms with E-state index in [0.29, 0.717) is 6.04 Å². The molecule has 3 N–H and O–H groups in total. The van der Waals surface area contributed by atoms with Gasteiger partial charge in [0.05, 0.1) is 0 Å². The molecule has 1 aliphatic carbocycles. The first-order valence-corrected chi connectivity index (χ1v) is 7.15. The lowest BCUT2D eigenvalue weighted by atomic mass is 10.0. The average molecular weight is 264 g/mol. The Morgan fingerprint density at radius 2 is 1.95 bits per heavy atom. The van der Waals surface area contributed by atoms with Gasteiger partial charge in [-0.05, 0) is 41.7 Å². The summed E-state index contributed by atoms with van der Waals surface area (Å²) in [6, 6.07) is 17.1. The summed E-state index contributed by atoms with van der Waals surface area (Å²) in [4.78, 5) is 0. The molecule has 0 amide bonds. The number of hydrogen-bond acceptors (Lipinski definition) is 2. The molecule has 2 aromatic rings. The molecule has 2 nitrogen and oxygen atoms in total. The first kappa shape index (κ1) is 12.9. The van der Waals surface area contributed by atoms with Crippen molar-refractivity contribution in [2.45, 2.75) is 25.4 Å². The molecule has 0 aliphatic heterocycles. The molecule has 0 fully saturated rings. The van der Waals surface area contributed by atoms with Crippen LogP contribution in [0.25, 0.3) is 6.08 Å². The number of nitrogens with two attached hydrogens (primary N) is 1. The van der Waals surface area contributed by atoms with Gasteiger partial charge >= 0.3 is 0 Å². The highest BCUT2D eigenvalue weighted by Crippen LogP contribution is 2.21. The second kappa shape index (κ2) is 5.93. The maximum atomic E-state index is 5.85. The van der Waals surface area contributed by atoms with Gasteiger partial charge in [0.1, 0.15) is 0 Å². The molecule has 0 heterocycles. The molecule has 2 aromatic carbocycles. The number of rotatable bonds is 3. The van der Waals surface area contributed by atoms with Gasteiger partial charge in [-0.15, -0.1) is 0 Å². The second-order valence-electron chi connectivity index (χ2n) is 5.33. The monoisotopic (exact) mass is 264 g/mol. The van der Waals surface area contributed by atoms with E-state index in [1.807, 2.05) is 6.07 Å². The average Bonchev–Trinajstić information content (AvgIpc) is 2.68. The Labute approximate surface area is 120 Å². The maximum absolute atomic E-state index is 5.85. The van der Waals surface area contributed by atoms with Crippen LogP contribution in [0.1, 0.15) is 23.1 Å². The normalized spacial score (nSPS) is 17.5. The second-order valence-corrected chi connectivity index (χ2v) is 5.33. The van der Waals surface area contributed by atoms with Gasteiger partial charge in [-0.2, -0.15) is 0 Å². The lowest BCUT2D eigenvalue weighted by Gasteiger charge is -2.13. The molecule has 1 unspecified atom stereocenters. The Hall–Kier alpha value is -2.06. The molecule has 0 aromatic heterocycles. The number of aryl methyl sites for hydroxylation is 1. The van der Waals surface area contributed by atoms with Crippen LogP contribution in [-0.2, 0) is 13.0 Å². The Kier molecular flexibility index (Phi) is 3.84. The summed E-state index contributed by atoms with van der Waals surface area (Å²) in [5.41, 5.74) is 10.7. The van der Waals surface area contributed by atoms with Crippen LogP contribution in [0.2, 0.25) is 0 Å². The smallest absolute Gasteiger partial charge is 0.0320 e. The summed E-state index contributed by atoms with van der Waals surface area (Å²) in [5.74, 6) is 0. The minimum atomic E-state index is 0.420. The van der Waals surface area contributed by atoms with Crippen molar-refractivity contribution < 1.29 is 0 Å².